The highest BCUT2D eigenvalue weighted by molar-refractivity contribution is 5.87. The van der Waals surface area contributed by atoms with Crippen LogP contribution in [0.25, 0.3) is 0 Å². The molecule has 0 aliphatic heterocycles. The van der Waals surface area contributed by atoms with Crippen LogP contribution in [0.2, 0.25) is 0 Å². The zero-order valence-electron chi connectivity index (χ0n) is 12.8. The van der Waals surface area contributed by atoms with E-state index in [1.54, 1.807) is 0 Å². The molecular weight excluding hydrogens is 254 g/mol. The average molecular weight is 277 g/mol. The third kappa shape index (κ3) is 3.59. The molecule has 0 aromatic heterocycles. The lowest BCUT2D eigenvalue weighted by atomic mass is 9.73. The molecule has 1 amide bonds. The fraction of sp³-hybridized carbons (Fsp3) is 0.500. The molecule has 110 valence electrons. The van der Waals surface area contributed by atoms with Gasteiger partial charge in [0.05, 0.1) is 13.2 Å². The third-order valence-electron chi connectivity index (χ3n) is 3.46. The summed E-state index contributed by atoms with van der Waals surface area (Å²) in [6.07, 6.45) is -0.538. The number of amides is 1. The van der Waals surface area contributed by atoms with Crippen molar-refractivity contribution in [2.24, 2.45) is 11.3 Å². The number of ether oxygens (including phenoxy) is 1. The minimum absolute atomic E-state index is 0.0998. The van der Waals surface area contributed by atoms with Gasteiger partial charge in [-0.3, -0.25) is 4.79 Å². The summed E-state index contributed by atoms with van der Waals surface area (Å²) in [5.41, 5.74) is 0.167. The molecule has 20 heavy (non-hydrogen) atoms. The molecule has 0 fully saturated rings. The Hall–Kier alpha value is -1.84. The molecule has 4 heteroatoms. The van der Waals surface area contributed by atoms with Gasteiger partial charge >= 0.3 is 6.09 Å². The van der Waals surface area contributed by atoms with Gasteiger partial charge in [0.2, 0.25) is 0 Å². The summed E-state index contributed by atoms with van der Waals surface area (Å²) in [5, 5.41) is 2.78. The van der Waals surface area contributed by atoms with Gasteiger partial charge in [0.15, 0.2) is 0 Å². The number of carbonyl (C=O) groups is 2. The van der Waals surface area contributed by atoms with Gasteiger partial charge in [-0.2, -0.15) is 0 Å². The number of alkyl carbamates (subject to hydrolysis) is 1. The van der Waals surface area contributed by atoms with E-state index in [0.29, 0.717) is 0 Å². The molecule has 1 aromatic carbocycles. The largest absolute Gasteiger partial charge is 0.453 e. The van der Waals surface area contributed by atoms with E-state index in [4.69, 9.17) is 0 Å². The van der Waals surface area contributed by atoms with E-state index in [1.165, 1.54) is 7.11 Å². The monoisotopic (exact) mass is 277 g/mol. The van der Waals surface area contributed by atoms with Gasteiger partial charge in [-0.15, -0.1) is 0 Å². The van der Waals surface area contributed by atoms with Crippen LogP contribution in [0, 0.1) is 11.3 Å². The lowest BCUT2D eigenvalue weighted by molar-refractivity contribution is -0.131. The fourth-order valence-electron chi connectivity index (χ4n) is 2.39. The molecule has 0 aliphatic rings. The van der Waals surface area contributed by atoms with Crippen molar-refractivity contribution in [1.29, 1.82) is 0 Å². The normalized spacial score (nSPS) is 12.9. The van der Waals surface area contributed by atoms with Gasteiger partial charge in [-0.25, -0.2) is 4.79 Å². The smallest absolute Gasteiger partial charge is 0.407 e. The highest BCUT2D eigenvalue weighted by Gasteiger charge is 2.39. The number of benzene rings is 1. The molecule has 0 saturated heterocycles. The molecule has 4 nitrogen and oxygen atoms in total. The van der Waals surface area contributed by atoms with Crippen molar-refractivity contribution in [2.45, 2.75) is 33.7 Å². The van der Waals surface area contributed by atoms with Gasteiger partial charge < -0.3 is 10.1 Å². The van der Waals surface area contributed by atoms with E-state index in [0.717, 1.165) is 5.56 Å². The molecule has 0 bridgehead atoms. The van der Waals surface area contributed by atoms with Gasteiger partial charge in [0, 0.05) is 11.3 Å². The second-order valence-electron chi connectivity index (χ2n) is 5.72. The second-order valence-corrected chi connectivity index (χ2v) is 5.72. The number of carbonyl (C=O) groups excluding carboxylic acids is 2. The number of ketones is 1. The van der Waals surface area contributed by atoms with E-state index in [9.17, 15) is 9.59 Å². The second kappa shape index (κ2) is 6.55. The lowest BCUT2D eigenvalue weighted by Crippen LogP contribution is -2.43. The van der Waals surface area contributed by atoms with Crippen LogP contribution < -0.4 is 5.32 Å². The first-order valence-corrected chi connectivity index (χ1v) is 6.74. The summed E-state index contributed by atoms with van der Waals surface area (Å²) in [6, 6.07) is 9.04. The van der Waals surface area contributed by atoms with Gasteiger partial charge in [-0.1, -0.05) is 58.0 Å². The summed E-state index contributed by atoms with van der Waals surface area (Å²) in [7, 11) is 1.31. The van der Waals surface area contributed by atoms with E-state index in [2.05, 4.69) is 10.1 Å². The van der Waals surface area contributed by atoms with Crippen LogP contribution in [0.4, 0.5) is 4.79 Å². The van der Waals surface area contributed by atoms with Crippen molar-refractivity contribution in [3.05, 3.63) is 35.9 Å². The van der Waals surface area contributed by atoms with Crippen LogP contribution >= 0.6 is 0 Å². The molecule has 0 heterocycles. The van der Waals surface area contributed by atoms with E-state index in [1.807, 2.05) is 58.0 Å². The number of rotatable bonds is 5. The maximum atomic E-state index is 12.5. The molecule has 1 unspecified atom stereocenters. The standard InChI is InChI=1S/C16H23NO3/c1-11(2)14(18)16(3,4)13(17-15(19)20-5)12-9-7-6-8-10-12/h6-11,13H,1-5H3,(H,17,19). The Morgan fingerprint density at radius 1 is 1.15 bits per heavy atom. The SMILES string of the molecule is COC(=O)NC(c1ccccc1)C(C)(C)C(=O)C(C)C. The molecule has 1 aromatic rings. The molecular formula is C16H23NO3. The zero-order chi connectivity index (χ0) is 15.3. The lowest BCUT2D eigenvalue weighted by Gasteiger charge is -2.34. The summed E-state index contributed by atoms with van der Waals surface area (Å²) < 4.78 is 4.68. The summed E-state index contributed by atoms with van der Waals surface area (Å²) in [4.78, 5) is 24.0. The van der Waals surface area contributed by atoms with Crippen LogP contribution in [0.1, 0.15) is 39.3 Å². The summed E-state index contributed by atoms with van der Waals surface area (Å²) >= 11 is 0. The Labute approximate surface area is 120 Å². The predicted octanol–water partition coefficient (Wildman–Crippen LogP) is 3.34. The van der Waals surface area contributed by atoms with Gasteiger partial charge in [-0.05, 0) is 5.56 Å². The van der Waals surface area contributed by atoms with Gasteiger partial charge in [0.1, 0.15) is 5.78 Å². The maximum absolute atomic E-state index is 12.5. The quantitative estimate of drug-likeness (QED) is 0.898. The molecule has 1 rings (SSSR count). The minimum atomic E-state index is -0.719. The van der Waals surface area contributed by atoms with Crippen LogP contribution in [0.3, 0.4) is 0 Å². The van der Waals surface area contributed by atoms with Crippen LogP contribution in [0.15, 0.2) is 30.3 Å². The molecule has 1 N–H and O–H groups in total. The first-order chi connectivity index (χ1) is 9.30. The van der Waals surface area contributed by atoms with Crippen LogP contribution in [0.5, 0.6) is 0 Å². The molecule has 0 radical (unpaired) electrons. The number of hydrogen-bond acceptors (Lipinski definition) is 3. The highest BCUT2D eigenvalue weighted by Crippen LogP contribution is 2.36. The Balaban J connectivity index is 3.17. The van der Waals surface area contributed by atoms with Crippen molar-refractivity contribution in [3.63, 3.8) is 0 Å². The fourth-order valence-corrected chi connectivity index (χ4v) is 2.39. The average Bonchev–Trinajstić information content (AvgIpc) is 2.44. The van der Waals surface area contributed by atoms with E-state index in [-0.39, 0.29) is 11.7 Å². The Morgan fingerprint density at radius 3 is 2.15 bits per heavy atom. The number of nitrogens with one attached hydrogen (secondary N) is 1. The first kappa shape index (κ1) is 16.2. The predicted molar refractivity (Wildman–Crippen MR) is 78.3 cm³/mol. The van der Waals surface area contributed by atoms with Crippen LogP contribution in [-0.2, 0) is 9.53 Å². The van der Waals surface area contributed by atoms with Gasteiger partial charge in [0.25, 0.3) is 0 Å². The molecule has 0 saturated carbocycles. The number of Topliss-reactive ketones (excluding diaryl/α,β-unsaturated/α-hetero) is 1. The third-order valence-corrected chi connectivity index (χ3v) is 3.46. The molecule has 0 spiro atoms. The van der Waals surface area contributed by atoms with Crippen molar-refractivity contribution >= 4 is 11.9 Å². The Morgan fingerprint density at radius 2 is 1.70 bits per heavy atom. The summed E-state index contributed by atoms with van der Waals surface area (Å²) in [6.45, 7) is 7.43. The molecule has 0 aliphatic carbocycles. The molecule has 1 atom stereocenters. The first-order valence-electron chi connectivity index (χ1n) is 6.74. The van der Waals surface area contributed by atoms with Crippen molar-refractivity contribution in [3.8, 4) is 0 Å². The maximum Gasteiger partial charge on any atom is 0.407 e. The van der Waals surface area contributed by atoms with Crippen LogP contribution in [-0.4, -0.2) is 19.0 Å². The van der Waals surface area contributed by atoms with E-state index < -0.39 is 17.6 Å². The topological polar surface area (TPSA) is 55.4 Å². The zero-order valence-corrected chi connectivity index (χ0v) is 12.8. The highest BCUT2D eigenvalue weighted by atomic mass is 16.5. The Kier molecular flexibility index (Phi) is 5.31. The Bertz CT molecular complexity index is 466. The van der Waals surface area contributed by atoms with E-state index >= 15 is 0 Å². The van der Waals surface area contributed by atoms with Crippen molar-refractivity contribution < 1.29 is 14.3 Å². The minimum Gasteiger partial charge on any atom is -0.453 e. The number of hydrogen-bond donors (Lipinski definition) is 1. The van der Waals surface area contributed by atoms with Crippen molar-refractivity contribution in [1.82, 2.24) is 5.32 Å². The van der Waals surface area contributed by atoms with Crippen molar-refractivity contribution in [2.75, 3.05) is 7.11 Å². The summed E-state index contributed by atoms with van der Waals surface area (Å²) in [5.74, 6) is -0.00147. The number of methoxy groups -OCH3 is 1.